The van der Waals surface area contributed by atoms with E-state index in [2.05, 4.69) is 10.3 Å². The lowest BCUT2D eigenvalue weighted by atomic mass is 10.2. The number of hydrogen-bond acceptors (Lipinski definition) is 5. The Kier molecular flexibility index (Phi) is 5.33. The lowest BCUT2D eigenvalue weighted by molar-refractivity contribution is -0.120. The average Bonchev–Trinajstić information content (AvgIpc) is 3.22. The van der Waals surface area contributed by atoms with Gasteiger partial charge in [0.25, 0.3) is 0 Å². The molecule has 0 radical (unpaired) electrons. The minimum Gasteiger partial charge on any atom is -0.378 e. The number of rotatable bonds is 6. The minimum absolute atomic E-state index is 0.0683. The number of hydrogen-bond donors (Lipinski definition) is 1. The average molecular weight is 358 g/mol. The highest BCUT2D eigenvalue weighted by atomic mass is 32.1. The van der Waals surface area contributed by atoms with Crippen LogP contribution in [0.3, 0.4) is 0 Å². The largest absolute Gasteiger partial charge is 0.378 e. The normalized spacial score (nSPS) is 14.0. The number of anilines is 2. The van der Waals surface area contributed by atoms with Crippen LogP contribution in [0.5, 0.6) is 0 Å². The molecular formula is C18H22N4O2S. The SMILES string of the molecule is CN(C)c1ccc(CNC(=O)Cc2csc(N3CCCC3=O)n2)cc1. The second kappa shape index (κ2) is 7.65. The molecule has 1 N–H and O–H groups in total. The summed E-state index contributed by atoms with van der Waals surface area (Å²) >= 11 is 1.42. The van der Waals surface area contributed by atoms with Crippen molar-refractivity contribution in [2.24, 2.45) is 0 Å². The number of carbonyl (C=O) groups excluding carboxylic acids is 2. The topological polar surface area (TPSA) is 65.5 Å². The number of carbonyl (C=O) groups is 2. The molecule has 1 aromatic carbocycles. The van der Waals surface area contributed by atoms with Gasteiger partial charge in [-0.15, -0.1) is 11.3 Å². The van der Waals surface area contributed by atoms with Crippen LogP contribution in [0.1, 0.15) is 24.1 Å². The molecule has 0 atom stereocenters. The van der Waals surface area contributed by atoms with Gasteiger partial charge in [0, 0.05) is 44.7 Å². The molecule has 1 saturated heterocycles. The first kappa shape index (κ1) is 17.4. The molecule has 0 unspecified atom stereocenters. The molecule has 0 spiro atoms. The second-order valence-electron chi connectivity index (χ2n) is 6.28. The Labute approximate surface area is 151 Å². The maximum Gasteiger partial charge on any atom is 0.228 e. The third kappa shape index (κ3) is 4.36. The van der Waals surface area contributed by atoms with E-state index in [1.807, 2.05) is 48.6 Å². The van der Waals surface area contributed by atoms with Crippen LogP contribution >= 0.6 is 11.3 Å². The Morgan fingerprint density at radius 3 is 2.72 bits per heavy atom. The lowest BCUT2D eigenvalue weighted by Gasteiger charge is -2.12. The van der Waals surface area contributed by atoms with Crippen LogP contribution in [0.15, 0.2) is 29.6 Å². The first-order valence-electron chi connectivity index (χ1n) is 8.30. The van der Waals surface area contributed by atoms with Gasteiger partial charge in [0.2, 0.25) is 11.8 Å². The molecule has 1 aliphatic heterocycles. The van der Waals surface area contributed by atoms with Gasteiger partial charge in [-0.25, -0.2) is 4.98 Å². The highest BCUT2D eigenvalue weighted by molar-refractivity contribution is 7.14. The van der Waals surface area contributed by atoms with E-state index in [1.54, 1.807) is 4.90 Å². The number of nitrogens with zero attached hydrogens (tertiary/aromatic N) is 3. The van der Waals surface area contributed by atoms with Crippen molar-refractivity contribution < 1.29 is 9.59 Å². The van der Waals surface area contributed by atoms with Crippen molar-refractivity contribution in [3.8, 4) is 0 Å². The summed E-state index contributed by atoms with van der Waals surface area (Å²) in [7, 11) is 3.99. The van der Waals surface area contributed by atoms with Crippen LogP contribution < -0.4 is 15.1 Å². The molecule has 132 valence electrons. The maximum atomic E-state index is 12.1. The third-order valence-electron chi connectivity index (χ3n) is 4.13. The summed E-state index contributed by atoms with van der Waals surface area (Å²) in [6.07, 6.45) is 1.69. The van der Waals surface area contributed by atoms with Gasteiger partial charge < -0.3 is 10.2 Å². The molecule has 0 aliphatic carbocycles. The Bertz CT molecular complexity index is 755. The zero-order chi connectivity index (χ0) is 17.8. The molecular weight excluding hydrogens is 336 g/mol. The van der Waals surface area contributed by atoms with E-state index in [1.165, 1.54) is 11.3 Å². The van der Waals surface area contributed by atoms with Gasteiger partial charge in [-0.05, 0) is 24.1 Å². The van der Waals surface area contributed by atoms with E-state index >= 15 is 0 Å². The van der Waals surface area contributed by atoms with Crippen molar-refractivity contribution in [1.82, 2.24) is 10.3 Å². The molecule has 1 aliphatic rings. The van der Waals surface area contributed by atoms with Crippen molar-refractivity contribution in [3.63, 3.8) is 0 Å². The summed E-state index contributed by atoms with van der Waals surface area (Å²) in [5, 5.41) is 5.47. The summed E-state index contributed by atoms with van der Waals surface area (Å²) in [4.78, 5) is 32.0. The van der Waals surface area contributed by atoms with Gasteiger partial charge in [0.05, 0.1) is 12.1 Å². The van der Waals surface area contributed by atoms with Crippen LogP contribution in [0.2, 0.25) is 0 Å². The van der Waals surface area contributed by atoms with E-state index in [0.717, 1.165) is 24.2 Å². The Balaban J connectivity index is 1.51. The zero-order valence-electron chi connectivity index (χ0n) is 14.5. The lowest BCUT2D eigenvalue weighted by Crippen LogP contribution is -2.25. The van der Waals surface area contributed by atoms with Crippen molar-refractivity contribution in [2.75, 3.05) is 30.4 Å². The van der Waals surface area contributed by atoms with Gasteiger partial charge >= 0.3 is 0 Å². The molecule has 2 amide bonds. The van der Waals surface area contributed by atoms with Gasteiger partial charge in [0.1, 0.15) is 0 Å². The summed E-state index contributed by atoms with van der Waals surface area (Å²) in [5.74, 6) is 0.0489. The van der Waals surface area contributed by atoms with Gasteiger partial charge in [-0.2, -0.15) is 0 Å². The number of benzene rings is 1. The van der Waals surface area contributed by atoms with Crippen LogP contribution in [0, 0.1) is 0 Å². The van der Waals surface area contributed by atoms with E-state index in [0.29, 0.717) is 23.8 Å². The fraction of sp³-hybridized carbons (Fsp3) is 0.389. The molecule has 6 nitrogen and oxygen atoms in total. The molecule has 2 heterocycles. The molecule has 0 saturated carbocycles. The molecule has 0 bridgehead atoms. The molecule has 1 fully saturated rings. The monoisotopic (exact) mass is 358 g/mol. The van der Waals surface area contributed by atoms with Crippen molar-refractivity contribution >= 4 is 34.0 Å². The smallest absolute Gasteiger partial charge is 0.228 e. The quantitative estimate of drug-likeness (QED) is 0.860. The summed E-state index contributed by atoms with van der Waals surface area (Å²) in [6, 6.07) is 8.08. The Morgan fingerprint density at radius 1 is 1.32 bits per heavy atom. The van der Waals surface area contributed by atoms with Crippen LogP contribution in [-0.2, 0) is 22.6 Å². The molecule has 25 heavy (non-hydrogen) atoms. The molecule has 3 rings (SSSR count). The van der Waals surface area contributed by atoms with E-state index < -0.39 is 0 Å². The van der Waals surface area contributed by atoms with E-state index in [-0.39, 0.29) is 18.2 Å². The number of aromatic nitrogens is 1. The predicted octanol–water partition coefficient (Wildman–Crippen LogP) is 2.19. The van der Waals surface area contributed by atoms with Crippen molar-refractivity contribution in [2.45, 2.75) is 25.8 Å². The fourth-order valence-corrected chi connectivity index (χ4v) is 3.56. The second-order valence-corrected chi connectivity index (χ2v) is 7.12. The van der Waals surface area contributed by atoms with Gasteiger partial charge in [-0.3, -0.25) is 14.5 Å². The third-order valence-corrected chi connectivity index (χ3v) is 5.04. The van der Waals surface area contributed by atoms with Gasteiger partial charge in [-0.1, -0.05) is 12.1 Å². The van der Waals surface area contributed by atoms with Crippen molar-refractivity contribution in [1.29, 1.82) is 0 Å². The van der Waals surface area contributed by atoms with Gasteiger partial charge in [0.15, 0.2) is 5.13 Å². The zero-order valence-corrected chi connectivity index (χ0v) is 15.3. The number of thiazole rings is 1. The summed E-state index contributed by atoms with van der Waals surface area (Å²) in [5.41, 5.74) is 2.89. The van der Waals surface area contributed by atoms with Crippen LogP contribution in [-0.4, -0.2) is 37.4 Å². The highest BCUT2D eigenvalue weighted by Crippen LogP contribution is 2.25. The van der Waals surface area contributed by atoms with Crippen LogP contribution in [0.4, 0.5) is 10.8 Å². The summed E-state index contributed by atoms with van der Waals surface area (Å²) in [6.45, 7) is 1.22. The van der Waals surface area contributed by atoms with Crippen molar-refractivity contribution in [3.05, 3.63) is 40.9 Å². The molecule has 1 aromatic heterocycles. The molecule has 2 aromatic rings. The van der Waals surface area contributed by atoms with Crippen LogP contribution in [0.25, 0.3) is 0 Å². The Hall–Kier alpha value is -2.41. The number of amides is 2. The first-order valence-corrected chi connectivity index (χ1v) is 9.18. The minimum atomic E-state index is -0.0683. The fourth-order valence-electron chi connectivity index (χ4n) is 2.69. The molecule has 7 heteroatoms. The maximum absolute atomic E-state index is 12.1. The first-order chi connectivity index (χ1) is 12.0. The van der Waals surface area contributed by atoms with E-state index in [9.17, 15) is 9.59 Å². The highest BCUT2D eigenvalue weighted by Gasteiger charge is 2.24. The van der Waals surface area contributed by atoms with E-state index in [4.69, 9.17) is 0 Å². The Morgan fingerprint density at radius 2 is 2.08 bits per heavy atom. The predicted molar refractivity (Wildman–Crippen MR) is 100 cm³/mol. The number of nitrogens with one attached hydrogen (secondary N) is 1. The summed E-state index contributed by atoms with van der Waals surface area (Å²) < 4.78 is 0. The standard InChI is InChI=1S/C18H22N4O2S/c1-21(2)15-7-5-13(6-8-15)11-19-16(23)10-14-12-25-18(20-14)22-9-3-4-17(22)24/h5-8,12H,3-4,9-11H2,1-2H3,(H,19,23).